The molecule has 0 spiro atoms. The van der Waals surface area contributed by atoms with Gasteiger partial charge in [-0.05, 0) is 6.92 Å². The summed E-state index contributed by atoms with van der Waals surface area (Å²) in [6, 6.07) is 0. The molecule has 0 aliphatic carbocycles. The summed E-state index contributed by atoms with van der Waals surface area (Å²) in [4.78, 5) is 41.7. The number of Topliss-reactive ketones (excluding diaryl/α,β-unsaturated/α-hetero) is 3. The first-order chi connectivity index (χ1) is 5.93. The van der Waals surface area contributed by atoms with Crippen LogP contribution >= 0.6 is 0 Å². The summed E-state index contributed by atoms with van der Waals surface area (Å²) >= 11 is 0. The van der Waals surface area contributed by atoms with Gasteiger partial charge in [0.1, 0.15) is 11.6 Å². The molecule has 0 aliphatic heterocycles. The number of carboxylic acid groups (broad SMARTS) is 1. The number of aliphatic carboxylic acids is 1. The highest BCUT2D eigenvalue weighted by atomic mass is 16.4. The Hall–Kier alpha value is -1.52. The number of carboxylic acids is 1. The van der Waals surface area contributed by atoms with Crippen LogP contribution in [0.2, 0.25) is 0 Å². The van der Waals surface area contributed by atoms with E-state index in [1.54, 1.807) is 0 Å². The van der Waals surface area contributed by atoms with Crippen LogP contribution in [0.5, 0.6) is 0 Å². The second-order valence-electron chi connectivity index (χ2n) is 2.65. The van der Waals surface area contributed by atoms with E-state index in [-0.39, 0.29) is 25.0 Å². The second kappa shape index (κ2) is 5.18. The van der Waals surface area contributed by atoms with Crippen molar-refractivity contribution in [1.82, 2.24) is 0 Å². The maximum atomic E-state index is 10.8. The molecule has 0 rings (SSSR count). The van der Waals surface area contributed by atoms with Gasteiger partial charge in [0.05, 0.1) is 6.42 Å². The number of carbonyl (C=O) groups excluding carboxylic acids is 3. The highest BCUT2D eigenvalue weighted by molar-refractivity contribution is 6.33. The van der Waals surface area contributed by atoms with Gasteiger partial charge in [0.25, 0.3) is 0 Å². The fourth-order valence-corrected chi connectivity index (χ4v) is 0.726. The average Bonchev–Trinajstić information content (AvgIpc) is 1.98. The van der Waals surface area contributed by atoms with Crippen molar-refractivity contribution < 1.29 is 24.3 Å². The van der Waals surface area contributed by atoms with E-state index in [0.717, 1.165) is 0 Å². The van der Waals surface area contributed by atoms with Gasteiger partial charge in [0, 0.05) is 12.8 Å². The maximum absolute atomic E-state index is 10.8. The Kier molecular flexibility index (Phi) is 4.58. The molecule has 0 fully saturated rings. The van der Waals surface area contributed by atoms with Crippen molar-refractivity contribution in [2.75, 3.05) is 0 Å². The fourth-order valence-electron chi connectivity index (χ4n) is 0.726. The summed E-state index contributed by atoms with van der Waals surface area (Å²) < 4.78 is 0. The van der Waals surface area contributed by atoms with E-state index in [1.165, 1.54) is 6.92 Å². The van der Waals surface area contributed by atoms with Crippen molar-refractivity contribution in [3.8, 4) is 0 Å². The van der Waals surface area contributed by atoms with Crippen molar-refractivity contribution in [2.45, 2.75) is 26.2 Å². The van der Waals surface area contributed by atoms with E-state index >= 15 is 0 Å². The van der Waals surface area contributed by atoms with E-state index in [2.05, 4.69) is 0 Å². The smallest absolute Gasteiger partial charge is 0.372 e. The molecule has 0 heterocycles. The van der Waals surface area contributed by atoms with Gasteiger partial charge < -0.3 is 5.11 Å². The van der Waals surface area contributed by atoms with Gasteiger partial charge in [-0.15, -0.1) is 0 Å². The first-order valence-electron chi connectivity index (χ1n) is 3.70. The average molecular weight is 186 g/mol. The van der Waals surface area contributed by atoms with Crippen LogP contribution in [0.25, 0.3) is 0 Å². The number of hydrogen-bond donors (Lipinski definition) is 1. The number of hydrogen-bond acceptors (Lipinski definition) is 4. The molecule has 1 N–H and O–H groups in total. The van der Waals surface area contributed by atoms with Crippen molar-refractivity contribution in [3.63, 3.8) is 0 Å². The Bertz CT molecular complexity index is 253. The summed E-state index contributed by atoms with van der Waals surface area (Å²) in [6.07, 6.45) is -0.737. The molecular formula is C8H10O5. The molecule has 0 aromatic carbocycles. The van der Waals surface area contributed by atoms with Crippen LogP contribution < -0.4 is 0 Å². The molecule has 0 aromatic heterocycles. The number of rotatable bonds is 6. The molecule has 0 saturated heterocycles. The molecule has 5 nitrogen and oxygen atoms in total. The molecule has 0 bridgehead atoms. The van der Waals surface area contributed by atoms with Crippen LogP contribution in [0.15, 0.2) is 0 Å². The normalized spacial score (nSPS) is 9.31. The lowest BCUT2D eigenvalue weighted by molar-refractivity contribution is -0.149. The third-order valence-electron chi connectivity index (χ3n) is 1.32. The Balaban J connectivity index is 3.77. The van der Waals surface area contributed by atoms with Gasteiger partial charge >= 0.3 is 5.97 Å². The van der Waals surface area contributed by atoms with Crippen LogP contribution in [-0.2, 0) is 19.2 Å². The standard InChI is InChI=1S/C8H10O5/c1-5(9)4-6(10)2-3-7(11)8(12)13/h2-4H2,1H3,(H,12,13). The molecule has 0 amide bonds. The third kappa shape index (κ3) is 5.72. The van der Waals surface area contributed by atoms with E-state index in [1.807, 2.05) is 0 Å². The zero-order chi connectivity index (χ0) is 10.4. The van der Waals surface area contributed by atoms with E-state index in [9.17, 15) is 19.2 Å². The van der Waals surface area contributed by atoms with Crippen LogP contribution in [0.3, 0.4) is 0 Å². The predicted molar refractivity (Wildman–Crippen MR) is 42.2 cm³/mol. The molecule has 13 heavy (non-hydrogen) atoms. The van der Waals surface area contributed by atoms with Crippen LogP contribution in [0, 0.1) is 0 Å². The minimum atomic E-state index is -1.55. The maximum Gasteiger partial charge on any atom is 0.372 e. The van der Waals surface area contributed by atoms with Gasteiger partial charge in [-0.25, -0.2) is 4.79 Å². The largest absolute Gasteiger partial charge is 0.476 e. The lowest BCUT2D eigenvalue weighted by Gasteiger charge is -1.94. The second-order valence-corrected chi connectivity index (χ2v) is 2.65. The first kappa shape index (κ1) is 11.5. The minimum absolute atomic E-state index is 0.176. The van der Waals surface area contributed by atoms with Gasteiger partial charge in [-0.3, -0.25) is 14.4 Å². The van der Waals surface area contributed by atoms with Crippen LogP contribution in [-0.4, -0.2) is 28.4 Å². The predicted octanol–water partition coefficient (Wildman–Crippen LogP) is -0.0315. The first-order valence-corrected chi connectivity index (χ1v) is 3.70. The van der Waals surface area contributed by atoms with Crippen molar-refractivity contribution in [1.29, 1.82) is 0 Å². The Morgan fingerprint density at radius 3 is 2.00 bits per heavy atom. The van der Waals surface area contributed by atoms with E-state index in [0.29, 0.717) is 0 Å². The Labute approximate surface area is 74.7 Å². The van der Waals surface area contributed by atoms with Gasteiger partial charge in [-0.2, -0.15) is 0 Å². The van der Waals surface area contributed by atoms with Crippen molar-refractivity contribution >= 4 is 23.3 Å². The molecule has 0 unspecified atom stereocenters. The molecule has 0 aromatic rings. The summed E-state index contributed by atoms with van der Waals surface area (Å²) in [6.45, 7) is 1.26. The molecule has 5 heteroatoms. The topological polar surface area (TPSA) is 88.5 Å². The molecule has 72 valence electrons. The summed E-state index contributed by atoms with van der Waals surface area (Å²) in [5.41, 5.74) is 0. The third-order valence-corrected chi connectivity index (χ3v) is 1.32. The van der Waals surface area contributed by atoms with Crippen LogP contribution in [0.4, 0.5) is 0 Å². The number of ketones is 3. The van der Waals surface area contributed by atoms with Gasteiger partial charge in [-0.1, -0.05) is 0 Å². The quantitative estimate of drug-likeness (QED) is 0.464. The van der Waals surface area contributed by atoms with E-state index < -0.39 is 17.5 Å². The summed E-state index contributed by atoms with van der Waals surface area (Å²) in [5, 5.41) is 8.15. The summed E-state index contributed by atoms with van der Waals surface area (Å²) in [7, 11) is 0. The highest BCUT2D eigenvalue weighted by Gasteiger charge is 2.14. The minimum Gasteiger partial charge on any atom is -0.476 e. The molecule has 0 aliphatic rings. The SMILES string of the molecule is CC(=O)CC(=O)CCC(=O)C(=O)O. The molecule has 0 atom stereocenters. The zero-order valence-corrected chi connectivity index (χ0v) is 7.20. The van der Waals surface area contributed by atoms with Crippen molar-refractivity contribution in [2.24, 2.45) is 0 Å². The van der Waals surface area contributed by atoms with Crippen LogP contribution in [0.1, 0.15) is 26.2 Å². The monoisotopic (exact) mass is 186 g/mol. The van der Waals surface area contributed by atoms with E-state index in [4.69, 9.17) is 5.11 Å². The summed E-state index contributed by atoms with van der Waals surface area (Å²) in [5.74, 6) is -3.23. The lowest BCUT2D eigenvalue weighted by atomic mass is 10.1. The lowest BCUT2D eigenvalue weighted by Crippen LogP contribution is -2.14. The van der Waals surface area contributed by atoms with Gasteiger partial charge in [0.2, 0.25) is 5.78 Å². The fraction of sp³-hybridized carbons (Fsp3) is 0.500. The molecule has 0 saturated carbocycles. The molecule has 0 radical (unpaired) electrons. The zero-order valence-electron chi connectivity index (χ0n) is 7.20. The van der Waals surface area contributed by atoms with Crippen molar-refractivity contribution in [3.05, 3.63) is 0 Å². The Morgan fingerprint density at radius 1 is 1.08 bits per heavy atom. The van der Waals surface area contributed by atoms with Gasteiger partial charge in [0.15, 0.2) is 0 Å². The molecular weight excluding hydrogens is 176 g/mol. The highest BCUT2D eigenvalue weighted by Crippen LogP contribution is 1.97. The number of carbonyl (C=O) groups is 4. The Morgan fingerprint density at radius 2 is 1.62 bits per heavy atom.